The average Bonchev–Trinajstić information content (AvgIpc) is 2.60. The van der Waals surface area contributed by atoms with Gasteiger partial charge in [-0.3, -0.25) is 4.79 Å². The fourth-order valence-electron chi connectivity index (χ4n) is 3.19. The molecule has 2 heterocycles. The van der Waals surface area contributed by atoms with Crippen LogP contribution in [0.15, 0.2) is 30.3 Å². The van der Waals surface area contributed by atoms with Crippen molar-refractivity contribution in [3.8, 4) is 0 Å². The summed E-state index contributed by atoms with van der Waals surface area (Å²) >= 11 is 0. The van der Waals surface area contributed by atoms with E-state index in [1.807, 2.05) is 19.9 Å². The van der Waals surface area contributed by atoms with Gasteiger partial charge in [0.2, 0.25) is 11.9 Å². The number of nitrogens with zero attached hydrogens (tertiary/aromatic N) is 3. The predicted molar refractivity (Wildman–Crippen MR) is 94.7 cm³/mol. The van der Waals surface area contributed by atoms with Crippen LogP contribution < -0.4 is 10.2 Å². The van der Waals surface area contributed by atoms with E-state index in [4.69, 9.17) is 0 Å². The van der Waals surface area contributed by atoms with Crippen LogP contribution in [-0.4, -0.2) is 29.0 Å². The second-order valence-corrected chi connectivity index (χ2v) is 6.55. The Morgan fingerprint density at radius 1 is 1.28 bits per heavy atom. The summed E-state index contributed by atoms with van der Waals surface area (Å²) in [4.78, 5) is 23.5. The number of hydrogen-bond donors (Lipinski definition) is 1. The van der Waals surface area contributed by atoms with E-state index < -0.39 is 0 Å². The van der Waals surface area contributed by atoms with Gasteiger partial charge in [-0.1, -0.05) is 18.2 Å². The molecule has 5 nitrogen and oxygen atoms in total. The number of piperidine rings is 1. The molecule has 1 aromatic carbocycles. The van der Waals surface area contributed by atoms with Crippen molar-refractivity contribution in [2.75, 3.05) is 18.0 Å². The maximum absolute atomic E-state index is 13.7. The molecule has 1 N–H and O–H groups in total. The summed E-state index contributed by atoms with van der Waals surface area (Å²) < 4.78 is 13.7. The van der Waals surface area contributed by atoms with Crippen molar-refractivity contribution in [1.29, 1.82) is 0 Å². The number of aryl methyl sites for hydroxylation is 2. The van der Waals surface area contributed by atoms with Gasteiger partial charge in [0.1, 0.15) is 5.82 Å². The molecule has 1 aromatic heterocycles. The molecule has 1 amide bonds. The highest BCUT2D eigenvalue weighted by atomic mass is 19.1. The van der Waals surface area contributed by atoms with E-state index in [0.29, 0.717) is 18.1 Å². The van der Waals surface area contributed by atoms with Crippen LogP contribution >= 0.6 is 0 Å². The lowest BCUT2D eigenvalue weighted by atomic mass is 9.97. The second kappa shape index (κ2) is 7.59. The largest absolute Gasteiger partial charge is 0.352 e. The molecule has 0 radical (unpaired) electrons. The zero-order chi connectivity index (χ0) is 17.8. The van der Waals surface area contributed by atoms with Crippen molar-refractivity contribution < 1.29 is 9.18 Å². The van der Waals surface area contributed by atoms with Crippen LogP contribution in [0, 0.1) is 25.6 Å². The van der Waals surface area contributed by atoms with Crippen molar-refractivity contribution in [3.63, 3.8) is 0 Å². The van der Waals surface area contributed by atoms with E-state index in [1.165, 1.54) is 6.07 Å². The molecule has 1 saturated heterocycles. The van der Waals surface area contributed by atoms with Gasteiger partial charge in [-0.15, -0.1) is 0 Å². The number of benzene rings is 1. The Labute approximate surface area is 147 Å². The van der Waals surface area contributed by atoms with E-state index in [0.717, 1.165) is 30.8 Å². The minimum Gasteiger partial charge on any atom is -0.352 e. The summed E-state index contributed by atoms with van der Waals surface area (Å²) in [5, 5.41) is 2.86. The Hall–Kier alpha value is -2.50. The molecule has 1 aliphatic rings. The number of carbonyl (C=O) groups excluding carboxylic acids is 1. The number of halogens is 1. The van der Waals surface area contributed by atoms with E-state index in [2.05, 4.69) is 20.2 Å². The van der Waals surface area contributed by atoms with Gasteiger partial charge >= 0.3 is 0 Å². The Morgan fingerprint density at radius 3 is 2.72 bits per heavy atom. The third kappa shape index (κ3) is 4.32. The standard InChI is InChI=1S/C19H23FN4O/c1-13-10-14(2)23-19(22-13)24-9-5-7-16(12-24)18(25)21-11-15-6-3-4-8-17(15)20/h3-4,6,8,10,16H,5,7,9,11-12H2,1-2H3,(H,21,25)/t16-/m0/s1. The topological polar surface area (TPSA) is 58.1 Å². The van der Waals surface area contributed by atoms with E-state index in [1.54, 1.807) is 18.2 Å². The maximum atomic E-state index is 13.7. The first-order chi connectivity index (χ1) is 12.0. The highest BCUT2D eigenvalue weighted by Gasteiger charge is 2.27. The number of anilines is 1. The van der Waals surface area contributed by atoms with Gasteiger partial charge in [0, 0.05) is 36.6 Å². The molecule has 6 heteroatoms. The molecule has 132 valence electrons. The van der Waals surface area contributed by atoms with Crippen molar-refractivity contribution in [2.24, 2.45) is 5.92 Å². The molecule has 25 heavy (non-hydrogen) atoms. The van der Waals surface area contributed by atoms with Gasteiger partial charge in [0.25, 0.3) is 0 Å². The molecule has 0 aliphatic carbocycles. The Balaban J connectivity index is 1.62. The van der Waals surface area contributed by atoms with E-state index in [9.17, 15) is 9.18 Å². The molecular weight excluding hydrogens is 319 g/mol. The average molecular weight is 342 g/mol. The lowest BCUT2D eigenvalue weighted by Crippen LogP contribution is -2.43. The lowest BCUT2D eigenvalue weighted by Gasteiger charge is -2.32. The van der Waals surface area contributed by atoms with Crippen LogP contribution in [0.3, 0.4) is 0 Å². The van der Waals surface area contributed by atoms with Crippen LogP contribution in [0.5, 0.6) is 0 Å². The number of carbonyl (C=O) groups is 1. The summed E-state index contributed by atoms with van der Waals surface area (Å²) in [7, 11) is 0. The first-order valence-electron chi connectivity index (χ1n) is 8.61. The summed E-state index contributed by atoms with van der Waals surface area (Å²) in [6.07, 6.45) is 1.73. The smallest absolute Gasteiger partial charge is 0.225 e. The monoisotopic (exact) mass is 342 g/mol. The first-order valence-corrected chi connectivity index (χ1v) is 8.61. The van der Waals surface area contributed by atoms with Crippen molar-refractivity contribution in [2.45, 2.75) is 33.2 Å². The molecule has 2 aromatic rings. The zero-order valence-electron chi connectivity index (χ0n) is 14.6. The minimum atomic E-state index is -0.295. The van der Waals surface area contributed by atoms with E-state index >= 15 is 0 Å². The van der Waals surface area contributed by atoms with Gasteiger partial charge < -0.3 is 10.2 Å². The van der Waals surface area contributed by atoms with Crippen molar-refractivity contribution in [3.05, 3.63) is 53.1 Å². The Bertz CT molecular complexity index is 745. The SMILES string of the molecule is Cc1cc(C)nc(N2CCC[C@H](C(=O)NCc3ccccc3F)C2)n1. The molecule has 1 atom stereocenters. The molecule has 0 spiro atoms. The number of rotatable bonds is 4. The fourth-order valence-corrected chi connectivity index (χ4v) is 3.19. The van der Waals surface area contributed by atoms with Crippen LogP contribution in [0.2, 0.25) is 0 Å². The number of amides is 1. The van der Waals surface area contributed by atoms with Crippen LogP contribution in [0.4, 0.5) is 10.3 Å². The normalized spacial score (nSPS) is 17.4. The number of nitrogens with one attached hydrogen (secondary N) is 1. The highest BCUT2D eigenvalue weighted by molar-refractivity contribution is 5.79. The fraction of sp³-hybridized carbons (Fsp3) is 0.421. The predicted octanol–water partition coefficient (Wildman–Crippen LogP) is 2.77. The molecule has 1 fully saturated rings. The van der Waals surface area contributed by atoms with Gasteiger partial charge in [0.05, 0.1) is 5.92 Å². The number of aromatic nitrogens is 2. The maximum Gasteiger partial charge on any atom is 0.225 e. The summed E-state index contributed by atoms with van der Waals surface area (Å²) in [6.45, 7) is 5.54. The Kier molecular flexibility index (Phi) is 5.26. The quantitative estimate of drug-likeness (QED) is 0.928. The zero-order valence-corrected chi connectivity index (χ0v) is 14.6. The van der Waals surface area contributed by atoms with Crippen molar-refractivity contribution >= 4 is 11.9 Å². The van der Waals surface area contributed by atoms with Gasteiger partial charge in [-0.2, -0.15) is 0 Å². The Morgan fingerprint density at radius 2 is 2.00 bits per heavy atom. The third-order valence-corrected chi connectivity index (χ3v) is 4.46. The minimum absolute atomic E-state index is 0.0441. The third-order valence-electron chi connectivity index (χ3n) is 4.46. The van der Waals surface area contributed by atoms with Crippen LogP contribution in [0.25, 0.3) is 0 Å². The van der Waals surface area contributed by atoms with Crippen LogP contribution in [-0.2, 0) is 11.3 Å². The van der Waals surface area contributed by atoms with Crippen molar-refractivity contribution in [1.82, 2.24) is 15.3 Å². The summed E-state index contributed by atoms with van der Waals surface area (Å²) in [6, 6.07) is 8.44. The molecule has 0 saturated carbocycles. The molecule has 1 aliphatic heterocycles. The van der Waals surface area contributed by atoms with Gasteiger partial charge in [0.15, 0.2) is 0 Å². The molecular formula is C19H23FN4O. The first kappa shape index (κ1) is 17.3. The molecule has 3 rings (SSSR count). The summed E-state index contributed by atoms with van der Waals surface area (Å²) in [5.41, 5.74) is 2.35. The summed E-state index contributed by atoms with van der Waals surface area (Å²) in [5.74, 6) is 0.211. The highest BCUT2D eigenvalue weighted by Crippen LogP contribution is 2.21. The van der Waals surface area contributed by atoms with E-state index in [-0.39, 0.29) is 24.2 Å². The number of hydrogen-bond acceptors (Lipinski definition) is 4. The van der Waals surface area contributed by atoms with Crippen LogP contribution in [0.1, 0.15) is 29.8 Å². The molecule has 0 bridgehead atoms. The van der Waals surface area contributed by atoms with Gasteiger partial charge in [-0.05, 0) is 38.8 Å². The second-order valence-electron chi connectivity index (χ2n) is 6.55. The lowest BCUT2D eigenvalue weighted by molar-refractivity contribution is -0.125. The molecule has 0 unspecified atom stereocenters. The van der Waals surface area contributed by atoms with Gasteiger partial charge in [-0.25, -0.2) is 14.4 Å².